The molecule has 1 aromatic carbocycles. The molecule has 0 fully saturated rings. The fourth-order valence-corrected chi connectivity index (χ4v) is 3.57. The van der Waals surface area contributed by atoms with Gasteiger partial charge in [0, 0.05) is 0 Å². The third-order valence-electron chi connectivity index (χ3n) is 3.24. The molecular weight excluding hydrogens is 454 g/mol. The number of cyclic esters (lactones) is 1. The Balaban J connectivity index is 1.87. The van der Waals surface area contributed by atoms with Gasteiger partial charge in [-0.2, -0.15) is 0 Å². The van der Waals surface area contributed by atoms with E-state index in [2.05, 4.69) is 50.7 Å². The van der Waals surface area contributed by atoms with Crippen LogP contribution in [0.3, 0.4) is 0 Å². The molecule has 3 rings (SSSR count). The number of esters is 1. The Hall–Kier alpha value is -1.86. The monoisotopic (exact) mass is 467 g/mol. The zero-order valence-electron chi connectivity index (χ0n) is 13.6. The van der Waals surface area contributed by atoms with E-state index in [9.17, 15) is 4.79 Å². The number of aliphatic imine (C=N–C) groups is 1. The van der Waals surface area contributed by atoms with E-state index in [1.807, 2.05) is 12.1 Å². The molecule has 0 radical (unpaired) electrons. The lowest BCUT2D eigenvalue weighted by molar-refractivity contribution is -0.130. The maximum Gasteiger partial charge on any atom is 0.363 e. The van der Waals surface area contributed by atoms with Crippen LogP contribution < -0.4 is 4.74 Å². The van der Waals surface area contributed by atoms with Gasteiger partial charge in [0.1, 0.15) is 5.75 Å². The highest BCUT2D eigenvalue weighted by atomic mass is 79.9. The summed E-state index contributed by atoms with van der Waals surface area (Å²) in [5.74, 6) is 1.21. The molecule has 0 saturated heterocycles. The predicted molar refractivity (Wildman–Crippen MR) is 101 cm³/mol. The first-order valence-corrected chi connectivity index (χ1v) is 9.21. The van der Waals surface area contributed by atoms with Crippen molar-refractivity contribution in [3.8, 4) is 5.75 Å². The molecule has 1 aliphatic heterocycles. The zero-order chi connectivity index (χ0) is 18.0. The van der Waals surface area contributed by atoms with Gasteiger partial charge in [-0.3, -0.25) is 0 Å². The quantitative estimate of drug-likeness (QED) is 0.447. The molecule has 1 aliphatic rings. The minimum atomic E-state index is -0.515. The van der Waals surface area contributed by atoms with Crippen molar-refractivity contribution in [1.29, 1.82) is 0 Å². The van der Waals surface area contributed by atoms with E-state index in [1.165, 1.54) is 6.26 Å². The maximum atomic E-state index is 12.0. The number of carbonyl (C=O) groups excluding carboxylic acids is 1. The molecular formula is C18H15Br2NO4. The van der Waals surface area contributed by atoms with Crippen molar-refractivity contribution in [2.45, 2.75) is 13.8 Å². The van der Waals surface area contributed by atoms with Crippen LogP contribution in [-0.2, 0) is 9.53 Å². The van der Waals surface area contributed by atoms with Gasteiger partial charge in [0.05, 0.1) is 21.8 Å². The molecule has 5 nitrogen and oxygen atoms in total. The summed E-state index contributed by atoms with van der Waals surface area (Å²) in [4.78, 5) is 16.2. The Labute approximate surface area is 162 Å². The second kappa shape index (κ2) is 7.58. The van der Waals surface area contributed by atoms with Gasteiger partial charge in [-0.05, 0) is 73.7 Å². The third kappa shape index (κ3) is 4.22. The lowest BCUT2D eigenvalue weighted by Gasteiger charge is -2.13. The number of benzene rings is 1. The highest BCUT2D eigenvalue weighted by Gasteiger charge is 2.26. The molecule has 0 spiro atoms. The molecule has 1 aromatic heterocycles. The number of halogens is 2. The van der Waals surface area contributed by atoms with Crippen LogP contribution in [0.4, 0.5) is 0 Å². The normalized spacial score (nSPS) is 15.6. The highest BCUT2D eigenvalue weighted by molar-refractivity contribution is 9.11. The van der Waals surface area contributed by atoms with E-state index in [-0.39, 0.29) is 11.6 Å². The van der Waals surface area contributed by atoms with Gasteiger partial charge in [0.25, 0.3) is 5.90 Å². The average Bonchev–Trinajstić information content (AvgIpc) is 3.16. The van der Waals surface area contributed by atoms with Crippen LogP contribution in [0.15, 0.2) is 54.6 Å². The number of furan rings is 1. The first-order valence-electron chi connectivity index (χ1n) is 7.62. The molecule has 0 N–H and O–H groups in total. The van der Waals surface area contributed by atoms with Gasteiger partial charge >= 0.3 is 5.97 Å². The summed E-state index contributed by atoms with van der Waals surface area (Å²) in [6, 6.07) is 7.11. The van der Waals surface area contributed by atoms with E-state index in [4.69, 9.17) is 13.9 Å². The molecule has 25 heavy (non-hydrogen) atoms. The summed E-state index contributed by atoms with van der Waals surface area (Å²) in [5, 5.41) is 0. The van der Waals surface area contributed by atoms with Crippen molar-refractivity contribution in [3.05, 3.63) is 56.5 Å². The molecule has 0 saturated carbocycles. The fraction of sp³-hybridized carbons (Fsp3) is 0.222. The Kier molecular flexibility index (Phi) is 5.44. The van der Waals surface area contributed by atoms with Gasteiger partial charge in [0.15, 0.2) is 11.5 Å². The van der Waals surface area contributed by atoms with Crippen molar-refractivity contribution in [3.63, 3.8) is 0 Å². The summed E-state index contributed by atoms with van der Waals surface area (Å²) in [6.07, 6.45) is 3.15. The molecule has 0 amide bonds. The molecule has 0 atom stereocenters. The second-order valence-corrected chi connectivity index (χ2v) is 7.54. The van der Waals surface area contributed by atoms with Gasteiger partial charge in [-0.1, -0.05) is 13.8 Å². The van der Waals surface area contributed by atoms with Crippen LogP contribution in [0.5, 0.6) is 5.75 Å². The number of ether oxygens (including phenoxy) is 2. The van der Waals surface area contributed by atoms with Crippen LogP contribution >= 0.6 is 31.9 Å². The Morgan fingerprint density at radius 3 is 2.60 bits per heavy atom. The summed E-state index contributed by atoms with van der Waals surface area (Å²) < 4.78 is 17.7. The second-order valence-electron chi connectivity index (χ2n) is 5.83. The van der Waals surface area contributed by atoms with E-state index in [0.29, 0.717) is 18.3 Å². The smallest absolute Gasteiger partial charge is 0.363 e. The van der Waals surface area contributed by atoms with Crippen LogP contribution in [-0.4, -0.2) is 18.5 Å². The van der Waals surface area contributed by atoms with E-state index < -0.39 is 5.97 Å². The molecule has 7 heteroatoms. The molecule has 0 bridgehead atoms. The molecule has 0 aliphatic carbocycles. The number of nitrogens with zero attached hydrogens (tertiary/aromatic N) is 1. The maximum absolute atomic E-state index is 12.0. The third-order valence-corrected chi connectivity index (χ3v) is 4.42. The number of carbonyl (C=O) groups is 1. The standard InChI is InChI=1S/C18H15Br2NO4/c1-10(2)9-24-16-12(19)6-11(7-13(16)20)8-14-18(22)25-17(21-14)15-4-3-5-23-15/h3-8,10H,9H2,1-2H3/b14-8-. The number of hydrogen-bond donors (Lipinski definition) is 0. The van der Waals surface area contributed by atoms with Crippen molar-refractivity contribution in [2.75, 3.05) is 6.61 Å². The Bertz CT molecular complexity index is 831. The number of hydrogen-bond acceptors (Lipinski definition) is 5. The van der Waals surface area contributed by atoms with Gasteiger partial charge in [0.2, 0.25) is 0 Å². The minimum absolute atomic E-state index is 0.163. The average molecular weight is 469 g/mol. The van der Waals surface area contributed by atoms with Crippen LogP contribution in [0.25, 0.3) is 6.08 Å². The van der Waals surface area contributed by atoms with Crippen molar-refractivity contribution in [1.82, 2.24) is 0 Å². The lowest BCUT2D eigenvalue weighted by atomic mass is 10.2. The van der Waals surface area contributed by atoms with Crippen molar-refractivity contribution >= 4 is 49.8 Å². The largest absolute Gasteiger partial charge is 0.491 e. The van der Waals surface area contributed by atoms with Gasteiger partial charge < -0.3 is 13.9 Å². The predicted octanol–water partition coefficient (Wildman–Crippen LogP) is 5.18. The zero-order valence-corrected chi connectivity index (χ0v) is 16.8. The number of rotatable bonds is 5. The molecule has 2 aromatic rings. The first-order chi connectivity index (χ1) is 11.9. The van der Waals surface area contributed by atoms with Crippen LogP contribution in [0.2, 0.25) is 0 Å². The van der Waals surface area contributed by atoms with Crippen LogP contribution in [0, 0.1) is 5.92 Å². The van der Waals surface area contributed by atoms with Crippen molar-refractivity contribution < 1.29 is 18.7 Å². The van der Waals surface area contributed by atoms with E-state index in [1.54, 1.807) is 18.2 Å². The minimum Gasteiger partial charge on any atom is -0.491 e. The molecule has 2 heterocycles. The topological polar surface area (TPSA) is 61.0 Å². The summed E-state index contributed by atoms with van der Waals surface area (Å²) in [6.45, 7) is 4.78. The fourth-order valence-electron chi connectivity index (χ4n) is 2.12. The van der Waals surface area contributed by atoms with Crippen LogP contribution in [0.1, 0.15) is 25.2 Å². The van der Waals surface area contributed by atoms with E-state index in [0.717, 1.165) is 20.3 Å². The van der Waals surface area contributed by atoms with Crippen molar-refractivity contribution in [2.24, 2.45) is 10.9 Å². The Morgan fingerprint density at radius 2 is 2.00 bits per heavy atom. The molecule has 0 unspecified atom stereocenters. The first kappa shape index (κ1) is 17.9. The van der Waals surface area contributed by atoms with Gasteiger partial charge in [-0.15, -0.1) is 0 Å². The molecule has 130 valence electrons. The SMILES string of the molecule is CC(C)COc1c(Br)cc(/C=C2\N=C(c3ccco3)OC2=O)cc1Br. The summed E-state index contributed by atoms with van der Waals surface area (Å²) in [7, 11) is 0. The summed E-state index contributed by atoms with van der Waals surface area (Å²) >= 11 is 7.01. The lowest BCUT2D eigenvalue weighted by Crippen LogP contribution is -2.05. The Morgan fingerprint density at radius 1 is 1.28 bits per heavy atom. The van der Waals surface area contributed by atoms with Gasteiger partial charge in [-0.25, -0.2) is 9.79 Å². The summed E-state index contributed by atoms with van der Waals surface area (Å²) in [5.41, 5.74) is 0.994. The van der Waals surface area contributed by atoms with E-state index >= 15 is 0 Å². The highest BCUT2D eigenvalue weighted by Crippen LogP contribution is 2.36.